The van der Waals surface area contributed by atoms with E-state index in [2.05, 4.69) is 10.6 Å². The van der Waals surface area contributed by atoms with Crippen LogP contribution < -0.4 is 15.5 Å². The van der Waals surface area contributed by atoms with E-state index >= 15 is 0 Å². The van der Waals surface area contributed by atoms with E-state index < -0.39 is 6.03 Å². The Labute approximate surface area is 130 Å². The summed E-state index contributed by atoms with van der Waals surface area (Å²) in [7, 11) is 1.90. The minimum absolute atomic E-state index is 0.0503. The average Bonchev–Trinajstić information content (AvgIpc) is 2.37. The Kier molecular flexibility index (Phi) is 7.19. The first-order chi connectivity index (χ1) is 9.90. The van der Waals surface area contributed by atoms with Crippen LogP contribution in [0.1, 0.15) is 25.8 Å². The van der Waals surface area contributed by atoms with E-state index in [1.54, 1.807) is 0 Å². The van der Waals surface area contributed by atoms with Crippen LogP contribution >= 0.6 is 11.6 Å². The molecule has 2 atom stereocenters. The number of likely N-dealkylation sites (N-methyl/N-ethyl adjacent to an activating group) is 1. The summed E-state index contributed by atoms with van der Waals surface area (Å²) in [4.78, 5) is 24.3. The standard InChI is InChI=1S/C15H22ClN3O2/c1-4-11(2)17-15(21)18-14(20)10-19(3)9-12-6-5-7-13(16)8-12/h5-8,11H,4,9-10H2,1-3H3,(H2,17,18,20,21)/p+1/t11-/m0/s1. The summed E-state index contributed by atoms with van der Waals surface area (Å²) in [6, 6.07) is 7.14. The van der Waals surface area contributed by atoms with Crippen LogP contribution in [0.25, 0.3) is 0 Å². The number of halogens is 1. The van der Waals surface area contributed by atoms with Crippen molar-refractivity contribution in [3.05, 3.63) is 34.9 Å². The molecule has 0 heterocycles. The lowest BCUT2D eigenvalue weighted by Crippen LogP contribution is -3.09. The minimum Gasteiger partial charge on any atom is -0.335 e. The first-order valence-electron chi connectivity index (χ1n) is 7.06. The number of imide groups is 1. The van der Waals surface area contributed by atoms with Crippen molar-refractivity contribution >= 4 is 23.5 Å². The lowest BCUT2D eigenvalue weighted by Gasteiger charge is -2.15. The molecule has 6 heteroatoms. The maximum absolute atomic E-state index is 11.8. The Morgan fingerprint density at radius 2 is 2.10 bits per heavy atom. The van der Waals surface area contributed by atoms with Crippen LogP contribution in [-0.2, 0) is 11.3 Å². The van der Waals surface area contributed by atoms with Crippen LogP contribution in [0.3, 0.4) is 0 Å². The van der Waals surface area contributed by atoms with E-state index in [0.717, 1.165) is 16.9 Å². The van der Waals surface area contributed by atoms with Crippen LogP contribution in [0, 0.1) is 0 Å². The number of hydrogen-bond donors (Lipinski definition) is 3. The zero-order valence-electron chi connectivity index (χ0n) is 12.7. The number of quaternary nitrogens is 1. The van der Waals surface area contributed by atoms with Gasteiger partial charge < -0.3 is 10.2 Å². The summed E-state index contributed by atoms with van der Waals surface area (Å²) in [5.74, 6) is -0.296. The van der Waals surface area contributed by atoms with Crippen LogP contribution in [0.15, 0.2) is 24.3 Å². The number of benzene rings is 1. The van der Waals surface area contributed by atoms with Crippen molar-refractivity contribution in [3.63, 3.8) is 0 Å². The van der Waals surface area contributed by atoms with Crippen LogP contribution in [-0.4, -0.2) is 31.6 Å². The van der Waals surface area contributed by atoms with Crippen molar-refractivity contribution in [1.29, 1.82) is 0 Å². The van der Waals surface area contributed by atoms with Gasteiger partial charge in [0.2, 0.25) is 0 Å². The molecule has 0 aliphatic heterocycles. The summed E-state index contributed by atoms with van der Waals surface area (Å²) in [6.45, 7) is 4.75. The minimum atomic E-state index is -0.440. The molecule has 21 heavy (non-hydrogen) atoms. The molecule has 3 amide bonds. The van der Waals surface area contributed by atoms with Crippen LogP contribution in [0.2, 0.25) is 5.02 Å². The van der Waals surface area contributed by atoms with Gasteiger partial charge in [0.25, 0.3) is 5.91 Å². The average molecular weight is 313 g/mol. The maximum Gasteiger partial charge on any atom is 0.321 e. The number of urea groups is 1. The fourth-order valence-electron chi connectivity index (χ4n) is 1.86. The maximum atomic E-state index is 11.8. The van der Waals surface area contributed by atoms with Gasteiger partial charge in [0, 0.05) is 16.6 Å². The Hall–Kier alpha value is -1.59. The highest BCUT2D eigenvalue weighted by molar-refractivity contribution is 6.30. The van der Waals surface area contributed by atoms with Gasteiger partial charge in [-0.25, -0.2) is 4.79 Å². The first-order valence-corrected chi connectivity index (χ1v) is 7.44. The highest BCUT2D eigenvalue weighted by Crippen LogP contribution is 2.09. The SMILES string of the molecule is CC[C@H](C)NC(=O)NC(=O)C[NH+](C)Cc1cccc(Cl)c1. The zero-order chi connectivity index (χ0) is 15.8. The van der Waals surface area contributed by atoms with E-state index in [1.165, 1.54) is 0 Å². The third kappa shape index (κ3) is 7.11. The summed E-state index contributed by atoms with van der Waals surface area (Å²) < 4.78 is 0. The van der Waals surface area contributed by atoms with Gasteiger partial charge in [-0.2, -0.15) is 0 Å². The second-order valence-corrected chi connectivity index (χ2v) is 5.71. The molecule has 5 nitrogen and oxygen atoms in total. The lowest BCUT2D eigenvalue weighted by atomic mass is 10.2. The lowest BCUT2D eigenvalue weighted by molar-refractivity contribution is -0.885. The molecule has 3 N–H and O–H groups in total. The van der Waals surface area contributed by atoms with E-state index in [9.17, 15) is 9.59 Å². The Morgan fingerprint density at radius 3 is 2.71 bits per heavy atom. The zero-order valence-corrected chi connectivity index (χ0v) is 13.5. The number of carbonyl (C=O) groups is 2. The summed E-state index contributed by atoms with van der Waals surface area (Å²) in [5.41, 5.74) is 1.05. The van der Waals surface area contributed by atoms with E-state index in [0.29, 0.717) is 11.6 Å². The van der Waals surface area contributed by atoms with Crippen molar-refractivity contribution in [1.82, 2.24) is 10.6 Å². The molecule has 1 unspecified atom stereocenters. The predicted molar refractivity (Wildman–Crippen MR) is 83.3 cm³/mol. The van der Waals surface area contributed by atoms with Gasteiger partial charge in [-0.05, 0) is 25.5 Å². The molecule has 0 saturated heterocycles. The van der Waals surface area contributed by atoms with Gasteiger partial charge in [-0.1, -0.05) is 30.7 Å². The van der Waals surface area contributed by atoms with Crippen molar-refractivity contribution in [3.8, 4) is 0 Å². The number of carbonyl (C=O) groups excluding carboxylic acids is 2. The highest BCUT2D eigenvalue weighted by Gasteiger charge is 2.14. The van der Waals surface area contributed by atoms with E-state index in [-0.39, 0.29) is 18.5 Å². The van der Waals surface area contributed by atoms with Crippen molar-refractivity contribution in [2.24, 2.45) is 0 Å². The summed E-state index contributed by atoms with van der Waals surface area (Å²) in [5, 5.41) is 5.71. The molecule has 116 valence electrons. The number of hydrogen-bond acceptors (Lipinski definition) is 2. The first kappa shape index (κ1) is 17.5. The molecular formula is C15H23ClN3O2+. The van der Waals surface area contributed by atoms with Gasteiger partial charge in [0.05, 0.1) is 7.05 Å². The number of nitrogens with one attached hydrogen (secondary N) is 3. The molecule has 1 rings (SSSR count). The van der Waals surface area contributed by atoms with Gasteiger partial charge in [0.15, 0.2) is 6.54 Å². The molecule has 1 aromatic carbocycles. The van der Waals surface area contributed by atoms with Gasteiger partial charge in [-0.3, -0.25) is 10.1 Å². The fraction of sp³-hybridized carbons (Fsp3) is 0.467. The van der Waals surface area contributed by atoms with Crippen molar-refractivity contribution in [2.45, 2.75) is 32.9 Å². The Balaban J connectivity index is 2.38. The normalized spacial score (nSPS) is 13.3. The van der Waals surface area contributed by atoms with Gasteiger partial charge in [-0.15, -0.1) is 0 Å². The number of amides is 3. The molecule has 0 aromatic heterocycles. The van der Waals surface area contributed by atoms with Crippen LogP contribution in [0.5, 0.6) is 0 Å². The third-order valence-corrected chi connectivity index (χ3v) is 3.34. The quantitative estimate of drug-likeness (QED) is 0.733. The monoisotopic (exact) mass is 312 g/mol. The molecule has 0 radical (unpaired) electrons. The van der Waals surface area contributed by atoms with Crippen LogP contribution in [0.4, 0.5) is 4.79 Å². The molecule has 0 fully saturated rings. The highest BCUT2D eigenvalue weighted by atomic mass is 35.5. The predicted octanol–water partition coefficient (Wildman–Crippen LogP) is 0.979. The van der Waals surface area contributed by atoms with E-state index in [4.69, 9.17) is 11.6 Å². The topological polar surface area (TPSA) is 62.6 Å². The summed E-state index contributed by atoms with van der Waals surface area (Å²) >= 11 is 5.92. The molecule has 0 aliphatic carbocycles. The molecule has 0 bridgehead atoms. The second kappa shape index (κ2) is 8.64. The summed E-state index contributed by atoms with van der Waals surface area (Å²) in [6.07, 6.45) is 0.821. The van der Waals surface area contributed by atoms with Gasteiger partial charge in [0.1, 0.15) is 6.54 Å². The largest absolute Gasteiger partial charge is 0.335 e. The van der Waals surface area contributed by atoms with Gasteiger partial charge >= 0.3 is 6.03 Å². The molecule has 0 saturated carbocycles. The second-order valence-electron chi connectivity index (χ2n) is 5.27. The Morgan fingerprint density at radius 1 is 1.38 bits per heavy atom. The smallest absolute Gasteiger partial charge is 0.321 e. The van der Waals surface area contributed by atoms with E-state index in [1.807, 2.05) is 45.2 Å². The van der Waals surface area contributed by atoms with Crippen molar-refractivity contribution < 1.29 is 14.5 Å². The van der Waals surface area contributed by atoms with Crippen molar-refractivity contribution in [2.75, 3.05) is 13.6 Å². The molecule has 1 aromatic rings. The fourth-order valence-corrected chi connectivity index (χ4v) is 2.08. The molecule has 0 aliphatic rings. The molecule has 0 spiro atoms. The third-order valence-electron chi connectivity index (χ3n) is 3.10. The number of rotatable bonds is 6. The molecular weight excluding hydrogens is 290 g/mol. The Bertz CT molecular complexity index is 494.